The molecule has 0 fully saturated rings. The summed E-state index contributed by atoms with van der Waals surface area (Å²) in [7, 11) is 5.66. The lowest BCUT2D eigenvalue weighted by Crippen LogP contribution is -2.43. The van der Waals surface area contributed by atoms with E-state index in [9.17, 15) is 29.1 Å². The van der Waals surface area contributed by atoms with Crippen LogP contribution >= 0.6 is 0 Å². The number of H-pyrrole nitrogens is 2. The second-order valence-corrected chi connectivity index (χ2v) is 6.32. The van der Waals surface area contributed by atoms with Crippen LogP contribution in [0.5, 0.6) is 0 Å². The number of hydrogen-bond donors (Lipinski definition) is 3. The lowest BCUT2D eigenvalue weighted by atomic mass is 10.2. The molecule has 0 radical (unpaired) electrons. The summed E-state index contributed by atoms with van der Waals surface area (Å²) in [6.07, 6.45) is -1.06. The summed E-state index contributed by atoms with van der Waals surface area (Å²) >= 11 is 0. The third kappa shape index (κ3) is 10.9. The third-order valence-electron chi connectivity index (χ3n) is 2.64. The first-order valence-corrected chi connectivity index (χ1v) is 7.61. The van der Waals surface area contributed by atoms with Crippen LogP contribution in [0.4, 0.5) is 0 Å². The van der Waals surface area contributed by atoms with Crippen LogP contribution in [0, 0.1) is 0 Å². The first-order valence-electron chi connectivity index (χ1n) is 7.61. The van der Waals surface area contributed by atoms with Crippen LogP contribution in [-0.4, -0.2) is 71.3 Å². The average Bonchev–Trinajstić information content (AvgIpc) is 2.43. The standard InChI is InChI=1S/C8H8N2O5.C7H15NO3/c1-2-6(12)15-7(13)4-3-5(11)10-8(14)9-4;1-8(2,3)5-6(9)4-7(10)11/h3H,2H2,1H3,(H2,9,10,11,14);6,9H,4-5H2,1-3H3/t;6-/m.1/s1. The van der Waals surface area contributed by atoms with Crippen LogP contribution in [0.2, 0.25) is 0 Å². The molecule has 0 spiro atoms. The Bertz CT molecular complexity index is 716. The third-order valence-corrected chi connectivity index (χ3v) is 2.64. The summed E-state index contributed by atoms with van der Waals surface area (Å²) in [6.45, 7) is 1.93. The molecule has 0 aliphatic heterocycles. The number of carbonyl (C=O) groups is 3. The molecule has 11 heteroatoms. The highest BCUT2D eigenvalue weighted by molar-refractivity contribution is 5.95. The Morgan fingerprint density at radius 3 is 2.23 bits per heavy atom. The van der Waals surface area contributed by atoms with Crippen molar-refractivity contribution in [1.82, 2.24) is 9.97 Å². The van der Waals surface area contributed by atoms with Gasteiger partial charge in [-0.05, 0) is 0 Å². The van der Waals surface area contributed by atoms with E-state index in [0.29, 0.717) is 11.0 Å². The summed E-state index contributed by atoms with van der Waals surface area (Å²) < 4.78 is 4.84. The number of hydrogen-bond acceptors (Lipinski definition) is 8. The van der Waals surface area contributed by atoms with E-state index in [0.717, 1.165) is 6.07 Å². The molecule has 0 unspecified atom stereocenters. The topological polar surface area (TPSA) is 169 Å². The number of carbonyl (C=O) groups excluding carboxylic acids is 3. The summed E-state index contributed by atoms with van der Waals surface area (Å²) in [5.74, 6) is -2.99. The number of esters is 2. The van der Waals surface area contributed by atoms with Gasteiger partial charge in [-0.3, -0.25) is 14.6 Å². The number of aliphatic hydroxyl groups is 1. The highest BCUT2D eigenvalue weighted by Crippen LogP contribution is 1.97. The molecule has 1 atom stereocenters. The van der Waals surface area contributed by atoms with E-state index in [2.05, 4.69) is 4.74 Å². The molecule has 1 aromatic heterocycles. The highest BCUT2D eigenvalue weighted by Gasteiger charge is 2.15. The van der Waals surface area contributed by atoms with E-state index in [1.165, 1.54) is 6.92 Å². The molecule has 3 N–H and O–H groups in total. The molecule has 1 heterocycles. The normalized spacial score (nSPS) is 11.7. The smallest absolute Gasteiger partial charge is 0.362 e. The van der Waals surface area contributed by atoms with Crippen molar-refractivity contribution < 1.29 is 33.8 Å². The van der Waals surface area contributed by atoms with E-state index in [-0.39, 0.29) is 18.5 Å². The summed E-state index contributed by atoms with van der Waals surface area (Å²) in [5, 5.41) is 19.1. The minimum absolute atomic E-state index is 0.0269. The number of carboxylic acids is 1. The van der Waals surface area contributed by atoms with Crippen molar-refractivity contribution in [3.63, 3.8) is 0 Å². The van der Waals surface area contributed by atoms with Gasteiger partial charge < -0.3 is 29.2 Å². The predicted octanol–water partition coefficient (Wildman–Crippen LogP) is -2.65. The fourth-order valence-electron chi connectivity index (χ4n) is 1.70. The summed E-state index contributed by atoms with van der Waals surface area (Å²) in [5.41, 5.74) is -1.93. The van der Waals surface area contributed by atoms with Gasteiger partial charge in [-0.2, -0.15) is 0 Å². The van der Waals surface area contributed by atoms with Crippen LogP contribution in [0.25, 0.3) is 0 Å². The van der Waals surface area contributed by atoms with Gasteiger partial charge >= 0.3 is 17.6 Å². The lowest BCUT2D eigenvalue weighted by molar-refractivity contribution is -0.873. The quantitative estimate of drug-likeness (QED) is 0.276. The van der Waals surface area contributed by atoms with Crippen LogP contribution in [0.15, 0.2) is 15.7 Å². The van der Waals surface area contributed by atoms with Crippen molar-refractivity contribution in [2.75, 3.05) is 27.7 Å². The van der Waals surface area contributed by atoms with Crippen molar-refractivity contribution >= 4 is 17.9 Å². The maximum atomic E-state index is 11.2. The molecule has 146 valence electrons. The molecular weight excluding hydrogens is 350 g/mol. The van der Waals surface area contributed by atoms with Crippen molar-refractivity contribution in [2.24, 2.45) is 0 Å². The molecule has 0 saturated carbocycles. The van der Waals surface area contributed by atoms with Crippen molar-refractivity contribution in [3.05, 3.63) is 32.6 Å². The van der Waals surface area contributed by atoms with Gasteiger partial charge in [-0.15, -0.1) is 0 Å². The Balaban J connectivity index is 0.000000508. The molecule has 26 heavy (non-hydrogen) atoms. The monoisotopic (exact) mass is 373 g/mol. The molecule has 0 amide bonds. The number of aromatic nitrogens is 2. The Kier molecular flexibility index (Phi) is 9.16. The van der Waals surface area contributed by atoms with Gasteiger partial charge in [0.15, 0.2) is 0 Å². The number of aromatic amines is 2. The van der Waals surface area contributed by atoms with Crippen LogP contribution in [0.1, 0.15) is 30.3 Å². The second-order valence-electron chi connectivity index (χ2n) is 6.32. The van der Waals surface area contributed by atoms with E-state index in [4.69, 9.17) is 5.11 Å². The minimum Gasteiger partial charge on any atom is -0.550 e. The number of quaternary nitrogens is 1. The number of nitrogens with zero attached hydrogens (tertiary/aromatic N) is 1. The van der Waals surface area contributed by atoms with Gasteiger partial charge in [0.1, 0.15) is 18.3 Å². The molecule has 0 saturated heterocycles. The van der Waals surface area contributed by atoms with Gasteiger partial charge in [-0.1, -0.05) is 6.92 Å². The van der Waals surface area contributed by atoms with E-state index >= 15 is 0 Å². The van der Waals surface area contributed by atoms with Crippen molar-refractivity contribution in [3.8, 4) is 0 Å². The predicted molar refractivity (Wildman–Crippen MR) is 86.9 cm³/mol. The molecule has 1 rings (SSSR count). The number of aliphatic carboxylic acids is 1. The minimum atomic E-state index is -1.20. The number of carboxylic acid groups (broad SMARTS) is 1. The molecular formula is C15H23N3O8. The summed E-state index contributed by atoms with van der Waals surface area (Å²) in [4.78, 5) is 57.4. The van der Waals surface area contributed by atoms with E-state index < -0.39 is 35.3 Å². The Labute approximate surface area is 148 Å². The zero-order valence-corrected chi connectivity index (χ0v) is 15.0. The Hall–Kier alpha value is -2.79. The SMILES string of the molecule is CCC(=O)OC(=O)c1cc(=O)[nH]c(=O)[nH]1.C[N+](C)(C)C[C@H](O)CC(=O)[O-]. The fraction of sp³-hybridized carbons (Fsp3) is 0.533. The first kappa shape index (κ1) is 23.2. The largest absolute Gasteiger partial charge is 0.550 e. The Morgan fingerprint density at radius 2 is 1.81 bits per heavy atom. The molecule has 0 aliphatic rings. The highest BCUT2D eigenvalue weighted by atomic mass is 16.6. The van der Waals surface area contributed by atoms with Gasteiger partial charge in [-0.25, -0.2) is 9.59 Å². The number of ether oxygens (including phenoxy) is 1. The van der Waals surface area contributed by atoms with Gasteiger partial charge in [0.05, 0.1) is 21.1 Å². The molecule has 0 bridgehead atoms. The number of rotatable bonds is 6. The van der Waals surface area contributed by atoms with Gasteiger partial charge in [0.2, 0.25) is 0 Å². The average molecular weight is 373 g/mol. The zero-order valence-electron chi connectivity index (χ0n) is 15.0. The maximum Gasteiger partial charge on any atom is 0.362 e. The second kappa shape index (κ2) is 10.3. The van der Waals surface area contributed by atoms with Gasteiger partial charge in [0, 0.05) is 24.9 Å². The lowest BCUT2D eigenvalue weighted by Gasteiger charge is -2.26. The number of likely N-dealkylation sites (N-methyl/N-ethyl adjacent to an activating group) is 1. The zero-order chi connectivity index (χ0) is 20.5. The molecule has 0 aliphatic carbocycles. The van der Waals surface area contributed by atoms with E-state index in [1.54, 1.807) is 0 Å². The number of aliphatic hydroxyl groups excluding tert-OH is 1. The molecule has 1 aromatic rings. The summed E-state index contributed by atoms with van der Waals surface area (Å²) in [6, 6.07) is 0.840. The van der Waals surface area contributed by atoms with Crippen molar-refractivity contribution in [1.29, 1.82) is 0 Å². The van der Waals surface area contributed by atoms with Gasteiger partial charge in [0.25, 0.3) is 5.56 Å². The number of nitrogens with one attached hydrogen (secondary N) is 2. The molecule has 0 aromatic carbocycles. The fourth-order valence-corrected chi connectivity index (χ4v) is 1.70. The van der Waals surface area contributed by atoms with E-state index in [1.807, 2.05) is 31.1 Å². The van der Waals surface area contributed by atoms with Crippen LogP contribution in [-0.2, 0) is 14.3 Å². The van der Waals surface area contributed by atoms with Crippen molar-refractivity contribution in [2.45, 2.75) is 25.9 Å². The van der Waals surface area contributed by atoms with Crippen LogP contribution < -0.4 is 16.4 Å². The molecule has 11 nitrogen and oxygen atoms in total. The maximum absolute atomic E-state index is 11.2. The first-order chi connectivity index (χ1) is 11.8. The van der Waals surface area contributed by atoms with Crippen LogP contribution in [0.3, 0.4) is 0 Å². The Morgan fingerprint density at radius 1 is 1.23 bits per heavy atom.